The van der Waals surface area contributed by atoms with Gasteiger partial charge in [0.1, 0.15) is 5.75 Å². The lowest BCUT2D eigenvalue weighted by Crippen LogP contribution is -2.39. The molecule has 0 aliphatic rings. The zero-order valence-electron chi connectivity index (χ0n) is 13.7. The number of alkyl halides is 3. The Bertz CT molecular complexity index is 502. The fourth-order valence-corrected chi connectivity index (χ4v) is 1.74. The van der Waals surface area contributed by atoms with Crippen LogP contribution in [0.2, 0.25) is 0 Å². The van der Waals surface area contributed by atoms with Gasteiger partial charge in [-0.25, -0.2) is 4.99 Å². The topological polar surface area (TPSA) is 45.7 Å². The highest BCUT2D eigenvalue weighted by molar-refractivity contribution is 5.79. The number of hydrogen-bond donors (Lipinski definition) is 2. The van der Waals surface area contributed by atoms with Crippen molar-refractivity contribution < 1.29 is 17.9 Å². The van der Waals surface area contributed by atoms with Gasteiger partial charge in [0.05, 0.1) is 6.54 Å². The molecule has 0 heterocycles. The van der Waals surface area contributed by atoms with E-state index >= 15 is 0 Å². The summed E-state index contributed by atoms with van der Waals surface area (Å²) in [5, 5.41) is 6.29. The highest BCUT2D eigenvalue weighted by Gasteiger charge is 2.28. The van der Waals surface area contributed by atoms with E-state index in [1.54, 1.807) is 18.2 Å². The van der Waals surface area contributed by atoms with E-state index in [2.05, 4.69) is 29.5 Å². The minimum Gasteiger partial charge on any atom is -0.484 e. The zero-order chi connectivity index (χ0) is 17.3. The van der Waals surface area contributed by atoms with E-state index in [1.165, 1.54) is 6.07 Å². The van der Waals surface area contributed by atoms with E-state index in [4.69, 9.17) is 4.74 Å². The van der Waals surface area contributed by atoms with Crippen molar-refractivity contribution in [1.29, 1.82) is 0 Å². The summed E-state index contributed by atoms with van der Waals surface area (Å²) < 4.78 is 41.7. The number of ether oxygens (including phenoxy) is 1. The maximum absolute atomic E-state index is 12.3. The molecule has 0 amide bonds. The van der Waals surface area contributed by atoms with Gasteiger partial charge in [-0.1, -0.05) is 32.0 Å². The van der Waals surface area contributed by atoms with Gasteiger partial charge in [0.15, 0.2) is 12.6 Å². The molecule has 0 saturated heterocycles. The number of benzene rings is 1. The molecule has 0 unspecified atom stereocenters. The molecular formula is C16H24F3N3O. The first-order chi connectivity index (χ1) is 10.8. The summed E-state index contributed by atoms with van der Waals surface area (Å²) in [6.45, 7) is 6.51. The van der Waals surface area contributed by atoms with E-state index in [-0.39, 0.29) is 12.3 Å². The lowest BCUT2D eigenvalue weighted by Gasteiger charge is -2.14. The minimum atomic E-state index is -4.36. The first-order valence-electron chi connectivity index (χ1n) is 7.61. The van der Waals surface area contributed by atoms with Crippen LogP contribution < -0.4 is 15.4 Å². The van der Waals surface area contributed by atoms with Crippen LogP contribution in [0.3, 0.4) is 0 Å². The third-order valence-corrected chi connectivity index (χ3v) is 2.79. The van der Waals surface area contributed by atoms with Crippen LogP contribution in [0.5, 0.6) is 5.75 Å². The molecule has 2 N–H and O–H groups in total. The van der Waals surface area contributed by atoms with Crippen LogP contribution in [0, 0.1) is 5.92 Å². The Morgan fingerprint density at radius 3 is 2.52 bits per heavy atom. The van der Waals surface area contributed by atoms with E-state index in [9.17, 15) is 13.2 Å². The maximum atomic E-state index is 12.3. The Morgan fingerprint density at radius 1 is 1.22 bits per heavy atom. The van der Waals surface area contributed by atoms with Crippen LogP contribution in [0.1, 0.15) is 26.3 Å². The fraction of sp³-hybridized carbons (Fsp3) is 0.562. The summed E-state index contributed by atoms with van der Waals surface area (Å²) in [5.74, 6) is 1.29. The number of para-hydroxylation sites is 1. The number of hydrogen-bond acceptors (Lipinski definition) is 2. The second kappa shape index (κ2) is 9.27. The number of nitrogens with zero attached hydrogens (tertiary/aromatic N) is 1. The largest absolute Gasteiger partial charge is 0.484 e. The quantitative estimate of drug-likeness (QED) is 0.595. The van der Waals surface area contributed by atoms with Crippen LogP contribution in [-0.4, -0.2) is 31.8 Å². The standard InChI is InChI=1S/C16H24F3N3O/c1-4-20-15(21-9-12(2)3)22-10-13-7-5-6-8-14(13)23-11-16(17,18)19/h5-8,12H,4,9-11H2,1-3H3,(H2,20,21,22). The normalized spacial score (nSPS) is 12.4. The molecule has 7 heteroatoms. The molecule has 0 aromatic heterocycles. The number of guanidine groups is 1. The fourth-order valence-electron chi connectivity index (χ4n) is 1.74. The summed E-state index contributed by atoms with van der Waals surface area (Å²) in [7, 11) is 0. The Balaban J connectivity index is 2.75. The van der Waals surface area contributed by atoms with Crippen molar-refractivity contribution in [3.8, 4) is 5.75 Å². The average Bonchev–Trinajstić information content (AvgIpc) is 2.48. The molecule has 0 aliphatic carbocycles. The summed E-state index contributed by atoms with van der Waals surface area (Å²) in [6.07, 6.45) is -4.36. The first-order valence-corrected chi connectivity index (χ1v) is 7.61. The molecule has 0 fully saturated rings. The van der Waals surface area contributed by atoms with Gasteiger partial charge in [0, 0.05) is 18.7 Å². The molecular weight excluding hydrogens is 307 g/mol. The third-order valence-electron chi connectivity index (χ3n) is 2.79. The highest BCUT2D eigenvalue weighted by atomic mass is 19.4. The second-order valence-electron chi connectivity index (χ2n) is 5.48. The number of nitrogens with one attached hydrogen (secondary N) is 2. The number of aliphatic imine (C=N–C) groups is 1. The van der Waals surface area contributed by atoms with Crippen molar-refractivity contribution >= 4 is 5.96 Å². The monoisotopic (exact) mass is 331 g/mol. The first kappa shape index (κ1) is 19.1. The predicted molar refractivity (Wildman–Crippen MR) is 85.6 cm³/mol. The van der Waals surface area contributed by atoms with E-state index in [0.717, 1.165) is 6.54 Å². The Kier molecular flexibility index (Phi) is 7.71. The van der Waals surface area contributed by atoms with Crippen molar-refractivity contribution in [1.82, 2.24) is 10.6 Å². The van der Waals surface area contributed by atoms with Crippen molar-refractivity contribution in [3.05, 3.63) is 29.8 Å². The Labute approximate surface area is 135 Å². The number of rotatable bonds is 7. The van der Waals surface area contributed by atoms with Gasteiger partial charge in [-0.3, -0.25) is 0 Å². The zero-order valence-corrected chi connectivity index (χ0v) is 13.7. The minimum absolute atomic E-state index is 0.202. The summed E-state index contributed by atoms with van der Waals surface area (Å²) in [6, 6.07) is 6.62. The molecule has 0 bridgehead atoms. The average molecular weight is 331 g/mol. The van der Waals surface area contributed by atoms with Crippen molar-refractivity contribution in [2.45, 2.75) is 33.5 Å². The Morgan fingerprint density at radius 2 is 1.91 bits per heavy atom. The van der Waals surface area contributed by atoms with Gasteiger partial charge in [-0.05, 0) is 18.9 Å². The molecule has 0 saturated carbocycles. The van der Waals surface area contributed by atoms with Crippen LogP contribution in [-0.2, 0) is 6.54 Å². The van der Waals surface area contributed by atoms with E-state index in [0.29, 0.717) is 24.0 Å². The van der Waals surface area contributed by atoms with Gasteiger partial charge in [0.2, 0.25) is 0 Å². The maximum Gasteiger partial charge on any atom is 0.422 e. The molecule has 0 atom stereocenters. The van der Waals surface area contributed by atoms with Crippen molar-refractivity contribution in [2.75, 3.05) is 19.7 Å². The van der Waals surface area contributed by atoms with Crippen molar-refractivity contribution in [2.24, 2.45) is 10.9 Å². The number of halogens is 3. The molecule has 130 valence electrons. The lowest BCUT2D eigenvalue weighted by atomic mass is 10.2. The van der Waals surface area contributed by atoms with E-state index < -0.39 is 12.8 Å². The molecule has 0 radical (unpaired) electrons. The Hall–Kier alpha value is -1.92. The molecule has 1 aromatic rings. The molecule has 0 aliphatic heterocycles. The summed E-state index contributed by atoms with van der Waals surface area (Å²) in [4.78, 5) is 4.39. The highest BCUT2D eigenvalue weighted by Crippen LogP contribution is 2.22. The molecule has 23 heavy (non-hydrogen) atoms. The van der Waals surface area contributed by atoms with Crippen LogP contribution in [0.15, 0.2) is 29.3 Å². The van der Waals surface area contributed by atoms with E-state index in [1.807, 2.05) is 6.92 Å². The SMILES string of the molecule is CCNC(=NCc1ccccc1OCC(F)(F)F)NCC(C)C. The van der Waals surface area contributed by atoms with Crippen LogP contribution >= 0.6 is 0 Å². The van der Waals surface area contributed by atoms with Crippen LogP contribution in [0.4, 0.5) is 13.2 Å². The third kappa shape index (κ3) is 8.32. The summed E-state index contributed by atoms with van der Waals surface area (Å²) >= 11 is 0. The summed E-state index contributed by atoms with van der Waals surface area (Å²) in [5.41, 5.74) is 0.610. The molecule has 1 aromatic carbocycles. The lowest BCUT2D eigenvalue weighted by molar-refractivity contribution is -0.153. The van der Waals surface area contributed by atoms with Crippen molar-refractivity contribution in [3.63, 3.8) is 0 Å². The molecule has 0 spiro atoms. The molecule has 1 rings (SSSR count). The predicted octanol–water partition coefficient (Wildman–Crippen LogP) is 3.34. The van der Waals surface area contributed by atoms with Crippen LogP contribution in [0.25, 0.3) is 0 Å². The second-order valence-corrected chi connectivity index (χ2v) is 5.48. The smallest absolute Gasteiger partial charge is 0.422 e. The van der Waals surface area contributed by atoms with Gasteiger partial charge < -0.3 is 15.4 Å². The molecule has 4 nitrogen and oxygen atoms in total. The van der Waals surface area contributed by atoms with Gasteiger partial charge in [-0.2, -0.15) is 13.2 Å². The van der Waals surface area contributed by atoms with Gasteiger partial charge in [0.25, 0.3) is 0 Å². The van der Waals surface area contributed by atoms with Gasteiger partial charge in [-0.15, -0.1) is 0 Å². The van der Waals surface area contributed by atoms with Gasteiger partial charge >= 0.3 is 6.18 Å².